The first-order chi connectivity index (χ1) is 12.1. The number of anilines is 1. The van der Waals surface area contributed by atoms with E-state index in [1.54, 1.807) is 18.3 Å². The number of nitrogens with zero attached hydrogens (tertiary/aromatic N) is 2. The van der Waals surface area contributed by atoms with Gasteiger partial charge in [-0.15, -0.1) is 0 Å². The predicted octanol–water partition coefficient (Wildman–Crippen LogP) is 2.90. The number of amides is 1. The molecular formula is C20H23N3O2. The minimum Gasteiger partial charge on any atom is -0.378 e. The molecule has 0 aromatic heterocycles. The van der Waals surface area contributed by atoms with Gasteiger partial charge in [0.1, 0.15) is 0 Å². The van der Waals surface area contributed by atoms with Crippen LogP contribution in [-0.4, -0.2) is 38.4 Å². The molecule has 0 spiro atoms. The van der Waals surface area contributed by atoms with Gasteiger partial charge in [-0.25, -0.2) is 5.43 Å². The van der Waals surface area contributed by atoms with E-state index in [1.165, 1.54) is 5.69 Å². The summed E-state index contributed by atoms with van der Waals surface area (Å²) in [6, 6.07) is 13.7. The summed E-state index contributed by atoms with van der Waals surface area (Å²) in [4.78, 5) is 14.4. The lowest BCUT2D eigenvalue weighted by atomic mass is 10.1. The second-order valence-electron chi connectivity index (χ2n) is 6.21. The topological polar surface area (TPSA) is 53.9 Å². The first-order valence-electron chi connectivity index (χ1n) is 8.47. The molecule has 0 atom stereocenters. The molecule has 130 valence electrons. The van der Waals surface area contributed by atoms with Crippen molar-refractivity contribution < 1.29 is 9.53 Å². The lowest BCUT2D eigenvalue weighted by Gasteiger charge is -2.29. The smallest absolute Gasteiger partial charge is 0.271 e. The van der Waals surface area contributed by atoms with Gasteiger partial charge in [-0.3, -0.25) is 4.79 Å². The molecular weight excluding hydrogens is 314 g/mol. The third-order valence-corrected chi connectivity index (χ3v) is 4.31. The minimum atomic E-state index is -0.209. The Morgan fingerprint density at radius 1 is 1.12 bits per heavy atom. The van der Waals surface area contributed by atoms with Gasteiger partial charge in [0.15, 0.2) is 0 Å². The van der Waals surface area contributed by atoms with Crippen molar-refractivity contribution in [3.05, 3.63) is 64.7 Å². The van der Waals surface area contributed by atoms with Gasteiger partial charge in [0.2, 0.25) is 0 Å². The molecule has 3 rings (SSSR count). The van der Waals surface area contributed by atoms with Crippen molar-refractivity contribution in [1.29, 1.82) is 0 Å². The fourth-order valence-corrected chi connectivity index (χ4v) is 2.75. The lowest BCUT2D eigenvalue weighted by Crippen LogP contribution is -2.36. The zero-order valence-corrected chi connectivity index (χ0v) is 14.7. The number of nitrogens with one attached hydrogen (secondary N) is 1. The van der Waals surface area contributed by atoms with Crippen LogP contribution in [-0.2, 0) is 4.74 Å². The summed E-state index contributed by atoms with van der Waals surface area (Å²) in [7, 11) is 0. The van der Waals surface area contributed by atoms with E-state index in [-0.39, 0.29) is 5.91 Å². The molecule has 0 unspecified atom stereocenters. The van der Waals surface area contributed by atoms with Crippen LogP contribution in [0, 0.1) is 13.8 Å². The summed E-state index contributed by atoms with van der Waals surface area (Å²) in [6.07, 6.45) is 1.69. The quantitative estimate of drug-likeness (QED) is 0.689. The van der Waals surface area contributed by atoms with Gasteiger partial charge >= 0.3 is 0 Å². The molecule has 0 radical (unpaired) electrons. The Morgan fingerprint density at radius 2 is 1.84 bits per heavy atom. The Bertz CT molecular complexity index is 763. The zero-order chi connectivity index (χ0) is 17.6. The Labute approximate surface area is 148 Å². The zero-order valence-electron chi connectivity index (χ0n) is 14.7. The van der Waals surface area contributed by atoms with E-state index >= 15 is 0 Å². The van der Waals surface area contributed by atoms with Crippen molar-refractivity contribution in [2.75, 3.05) is 31.2 Å². The molecule has 0 aliphatic carbocycles. The van der Waals surface area contributed by atoms with E-state index in [2.05, 4.69) is 27.6 Å². The van der Waals surface area contributed by atoms with Gasteiger partial charge in [0, 0.05) is 24.3 Å². The van der Waals surface area contributed by atoms with Gasteiger partial charge in [0.25, 0.3) is 5.91 Å². The number of carbonyl (C=O) groups is 1. The number of aryl methyl sites for hydroxylation is 2. The molecule has 1 heterocycles. The van der Waals surface area contributed by atoms with Crippen LogP contribution in [0.25, 0.3) is 0 Å². The van der Waals surface area contributed by atoms with Gasteiger partial charge in [-0.1, -0.05) is 23.8 Å². The number of ether oxygens (including phenoxy) is 1. The number of rotatable bonds is 4. The van der Waals surface area contributed by atoms with E-state index in [9.17, 15) is 4.79 Å². The fraction of sp³-hybridized carbons (Fsp3) is 0.300. The Kier molecular flexibility index (Phi) is 5.46. The summed E-state index contributed by atoms with van der Waals surface area (Å²) in [6.45, 7) is 7.41. The number of benzene rings is 2. The molecule has 1 amide bonds. The monoisotopic (exact) mass is 337 g/mol. The van der Waals surface area contributed by atoms with Crippen LogP contribution in [0.5, 0.6) is 0 Å². The summed E-state index contributed by atoms with van der Waals surface area (Å²) in [5, 5.41) is 4.09. The molecule has 1 aliphatic rings. The Hall–Kier alpha value is -2.66. The van der Waals surface area contributed by atoms with Crippen molar-refractivity contribution in [3.63, 3.8) is 0 Å². The molecule has 1 fully saturated rings. The van der Waals surface area contributed by atoms with Crippen LogP contribution in [0.3, 0.4) is 0 Å². The van der Waals surface area contributed by atoms with Crippen LogP contribution < -0.4 is 10.3 Å². The maximum absolute atomic E-state index is 12.0. The molecule has 25 heavy (non-hydrogen) atoms. The fourth-order valence-electron chi connectivity index (χ4n) is 2.75. The van der Waals surface area contributed by atoms with E-state index in [4.69, 9.17) is 4.74 Å². The Morgan fingerprint density at radius 3 is 2.52 bits per heavy atom. The van der Waals surface area contributed by atoms with E-state index in [0.717, 1.165) is 43.0 Å². The summed E-state index contributed by atoms with van der Waals surface area (Å²) >= 11 is 0. The van der Waals surface area contributed by atoms with Crippen molar-refractivity contribution in [2.45, 2.75) is 13.8 Å². The minimum absolute atomic E-state index is 0.209. The average molecular weight is 337 g/mol. The second-order valence-corrected chi connectivity index (χ2v) is 6.21. The number of hydrogen-bond acceptors (Lipinski definition) is 4. The van der Waals surface area contributed by atoms with E-state index < -0.39 is 0 Å². The number of hydrogen-bond donors (Lipinski definition) is 1. The van der Waals surface area contributed by atoms with Crippen LogP contribution in [0.2, 0.25) is 0 Å². The number of carbonyl (C=O) groups excluding carboxylic acids is 1. The van der Waals surface area contributed by atoms with Gasteiger partial charge in [-0.2, -0.15) is 5.10 Å². The summed E-state index contributed by atoms with van der Waals surface area (Å²) in [5.74, 6) is -0.209. The third-order valence-electron chi connectivity index (χ3n) is 4.31. The predicted molar refractivity (Wildman–Crippen MR) is 100 cm³/mol. The van der Waals surface area contributed by atoms with Gasteiger partial charge in [-0.05, 0) is 49.2 Å². The molecule has 2 aromatic carbocycles. The number of hydrazone groups is 1. The van der Waals surface area contributed by atoms with E-state index in [1.807, 2.05) is 32.0 Å². The van der Waals surface area contributed by atoms with Crippen molar-refractivity contribution >= 4 is 17.8 Å². The highest BCUT2D eigenvalue weighted by molar-refractivity contribution is 5.95. The first-order valence-corrected chi connectivity index (χ1v) is 8.47. The SMILES string of the molecule is Cc1ccc(C(=O)N/N=C\c2ccc(N3CCOCC3)cc2C)cc1. The van der Waals surface area contributed by atoms with Crippen LogP contribution in [0.4, 0.5) is 5.69 Å². The molecule has 1 saturated heterocycles. The summed E-state index contributed by atoms with van der Waals surface area (Å²) < 4.78 is 5.39. The van der Waals surface area contributed by atoms with Crippen molar-refractivity contribution in [3.8, 4) is 0 Å². The highest BCUT2D eigenvalue weighted by Crippen LogP contribution is 2.19. The highest BCUT2D eigenvalue weighted by Gasteiger charge is 2.11. The van der Waals surface area contributed by atoms with Crippen LogP contribution >= 0.6 is 0 Å². The van der Waals surface area contributed by atoms with Gasteiger partial charge < -0.3 is 9.64 Å². The second kappa shape index (κ2) is 7.94. The average Bonchev–Trinajstić information content (AvgIpc) is 2.64. The maximum Gasteiger partial charge on any atom is 0.271 e. The Balaban J connectivity index is 1.63. The van der Waals surface area contributed by atoms with Crippen LogP contribution in [0.15, 0.2) is 47.6 Å². The van der Waals surface area contributed by atoms with E-state index in [0.29, 0.717) is 5.56 Å². The number of morpholine rings is 1. The van der Waals surface area contributed by atoms with Crippen molar-refractivity contribution in [2.24, 2.45) is 5.10 Å². The normalized spacial score (nSPS) is 14.7. The largest absolute Gasteiger partial charge is 0.378 e. The van der Waals surface area contributed by atoms with Gasteiger partial charge in [0.05, 0.1) is 19.4 Å². The first kappa shape index (κ1) is 17.2. The molecule has 0 bridgehead atoms. The highest BCUT2D eigenvalue weighted by atomic mass is 16.5. The molecule has 2 aromatic rings. The standard InChI is InChI=1S/C20H23N3O2/c1-15-3-5-17(6-4-15)20(24)22-21-14-18-7-8-19(13-16(18)2)23-9-11-25-12-10-23/h3-8,13-14H,9-12H2,1-2H3,(H,22,24)/b21-14-. The maximum atomic E-state index is 12.0. The lowest BCUT2D eigenvalue weighted by molar-refractivity contribution is 0.0955. The molecule has 1 aliphatic heterocycles. The molecule has 5 heteroatoms. The molecule has 1 N–H and O–H groups in total. The summed E-state index contributed by atoms with van der Waals surface area (Å²) in [5.41, 5.74) is 7.60. The molecule has 5 nitrogen and oxygen atoms in total. The van der Waals surface area contributed by atoms with Crippen LogP contribution in [0.1, 0.15) is 27.0 Å². The third kappa shape index (κ3) is 4.45. The molecule has 0 saturated carbocycles. The van der Waals surface area contributed by atoms with Crippen molar-refractivity contribution in [1.82, 2.24) is 5.43 Å².